The zero-order chi connectivity index (χ0) is 20.8. The normalized spacial score (nSPS) is 12.1. The van der Waals surface area contributed by atoms with Crippen LogP contribution in [0.25, 0.3) is 11.5 Å². The molecule has 152 valence electrons. The zero-order valence-corrected chi connectivity index (χ0v) is 17.8. The first-order valence-electron chi connectivity index (χ1n) is 9.72. The Morgan fingerprint density at radius 3 is 2.45 bits per heavy atom. The molecule has 0 spiro atoms. The van der Waals surface area contributed by atoms with Crippen molar-refractivity contribution in [3.8, 4) is 11.5 Å². The minimum absolute atomic E-state index is 0.0836. The van der Waals surface area contributed by atoms with Crippen LogP contribution in [0, 0.1) is 12.8 Å². The van der Waals surface area contributed by atoms with Crippen LogP contribution in [0.2, 0.25) is 0 Å². The highest BCUT2D eigenvalue weighted by molar-refractivity contribution is 7.84. The minimum atomic E-state index is -1.18. The molecule has 0 fully saturated rings. The Morgan fingerprint density at radius 2 is 1.79 bits per heavy atom. The third-order valence-corrected chi connectivity index (χ3v) is 5.90. The molecule has 0 saturated carbocycles. The van der Waals surface area contributed by atoms with E-state index in [9.17, 15) is 9.00 Å². The molecule has 2 aromatic carbocycles. The second kappa shape index (κ2) is 9.65. The van der Waals surface area contributed by atoms with Gasteiger partial charge in [-0.3, -0.25) is 9.00 Å². The van der Waals surface area contributed by atoms with Gasteiger partial charge in [-0.2, -0.15) is 0 Å². The molecule has 0 unspecified atom stereocenters. The van der Waals surface area contributed by atoms with E-state index in [2.05, 4.69) is 24.1 Å². The fourth-order valence-corrected chi connectivity index (χ4v) is 3.95. The average Bonchev–Trinajstić information content (AvgIpc) is 3.08. The predicted octanol–water partition coefficient (Wildman–Crippen LogP) is 4.73. The van der Waals surface area contributed by atoms with Crippen molar-refractivity contribution >= 4 is 16.7 Å². The van der Waals surface area contributed by atoms with Crippen LogP contribution < -0.4 is 5.32 Å². The Kier molecular flexibility index (Phi) is 6.99. The van der Waals surface area contributed by atoms with Gasteiger partial charge in [-0.25, -0.2) is 4.98 Å². The number of nitrogens with zero attached hydrogens (tertiary/aromatic N) is 1. The molecule has 1 amide bonds. The van der Waals surface area contributed by atoms with Crippen LogP contribution in [0.1, 0.15) is 42.1 Å². The van der Waals surface area contributed by atoms with Gasteiger partial charge in [0.15, 0.2) is 0 Å². The number of carbonyl (C=O) groups is 1. The molecular weight excluding hydrogens is 384 g/mol. The molecule has 1 atom stereocenters. The second-order valence-corrected chi connectivity index (χ2v) is 8.79. The third-order valence-electron chi connectivity index (χ3n) is 4.57. The Hall–Kier alpha value is -2.73. The Labute approximate surface area is 174 Å². The molecule has 6 heteroatoms. The summed E-state index contributed by atoms with van der Waals surface area (Å²) in [5, 5.41) is 2.93. The van der Waals surface area contributed by atoms with Crippen LogP contribution in [0.4, 0.5) is 0 Å². The lowest BCUT2D eigenvalue weighted by Gasteiger charge is -2.07. The average molecular weight is 411 g/mol. The summed E-state index contributed by atoms with van der Waals surface area (Å²) in [7, 11) is -1.18. The van der Waals surface area contributed by atoms with Gasteiger partial charge in [0.2, 0.25) is 5.89 Å². The van der Waals surface area contributed by atoms with E-state index in [-0.39, 0.29) is 5.91 Å². The van der Waals surface area contributed by atoms with Gasteiger partial charge in [0.05, 0.1) is 22.2 Å². The minimum Gasteiger partial charge on any atom is -0.441 e. The number of nitrogens with one attached hydrogen (secondary N) is 1. The molecule has 1 heterocycles. The summed E-state index contributed by atoms with van der Waals surface area (Å²) in [5.41, 5.74) is 2.06. The molecule has 0 saturated heterocycles. The number of hydrogen-bond donors (Lipinski definition) is 1. The lowest BCUT2D eigenvalue weighted by molar-refractivity contribution is 0.0952. The summed E-state index contributed by atoms with van der Waals surface area (Å²) in [4.78, 5) is 17.5. The number of oxazole rings is 1. The lowest BCUT2D eigenvalue weighted by Crippen LogP contribution is -2.25. The maximum atomic E-state index is 12.5. The standard InChI is InChI=1S/C23H26N2O3S/c1-16(2)13-14-24-22(26)18-9-11-19(12-10-18)23-25-21(17(3)28-23)15-29(27)20-7-5-4-6-8-20/h4-12,16H,13-15H2,1-3H3,(H,24,26)/t29-/m0/s1. The molecule has 1 N–H and O–H groups in total. The predicted molar refractivity (Wildman–Crippen MR) is 115 cm³/mol. The van der Waals surface area contributed by atoms with Crippen LogP contribution in [-0.4, -0.2) is 21.6 Å². The first kappa shape index (κ1) is 21.0. The van der Waals surface area contributed by atoms with Crippen LogP contribution >= 0.6 is 0 Å². The number of aryl methyl sites for hydroxylation is 1. The third kappa shape index (κ3) is 5.64. The summed E-state index contributed by atoms with van der Waals surface area (Å²) >= 11 is 0. The Balaban J connectivity index is 1.67. The van der Waals surface area contributed by atoms with Crippen molar-refractivity contribution in [2.75, 3.05) is 6.54 Å². The van der Waals surface area contributed by atoms with Gasteiger partial charge in [0.1, 0.15) is 5.76 Å². The smallest absolute Gasteiger partial charge is 0.251 e. The van der Waals surface area contributed by atoms with Crippen molar-refractivity contribution in [2.45, 2.75) is 37.8 Å². The number of hydrogen-bond acceptors (Lipinski definition) is 4. The largest absolute Gasteiger partial charge is 0.441 e. The second-order valence-electron chi connectivity index (χ2n) is 7.34. The molecular formula is C23H26N2O3S. The molecule has 3 rings (SSSR count). The van der Waals surface area contributed by atoms with E-state index >= 15 is 0 Å². The van der Waals surface area contributed by atoms with Gasteiger partial charge < -0.3 is 9.73 Å². The highest BCUT2D eigenvalue weighted by Crippen LogP contribution is 2.24. The van der Waals surface area contributed by atoms with Crippen molar-refractivity contribution in [3.05, 3.63) is 71.6 Å². The SMILES string of the molecule is Cc1oc(-c2ccc(C(=O)NCCC(C)C)cc2)nc1C[S@](=O)c1ccccc1. The van der Waals surface area contributed by atoms with Gasteiger partial charge in [-0.1, -0.05) is 32.0 Å². The first-order chi connectivity index (χ1) is 13.9. The Morgan fingerprint density at radius 1 is 1.10 bits per heavy atom. The van der Waals surface area contributed by atoms with Crippen molar-refractivity contribution in [3.63, 3.8) is 0 Å². The molecule has 0 aliphatic carbocycles. The van der Waals surface area contributed by atoms with Crippen molar-refractivity contribution in [1.29, 1.82) is 0 Å². The quantitative estimate of drug-likeness (QED) is 0.582. The van der Waals surface area contributed by atoms with Crippen molar-refractivity contribution in [2.24, 2.45) is 5.92 Å². The van der Waals surface area contributed by atoms with Crippen LogP contribution in [0.15, 0.2) is 63.9 Å². The molecule has 0 aliphatic rings. The number of benzene rings is 2. The molecule has 1 aromatic heterocycles. The summed E-state index contributed by atoms with van der Waals surface area (Å²) in [5.74, 6) is 1.89. The molecule has 29 heavy (non-hydrogen) atoms. The first-order valence-corrected chi connectivity index (χ1v) is 11.0. The van der Waals surface area contributed by atoms with E-state index in [1.165, 1.54) is 0 Å². The number of rotatable bonds is 8. The van der Waals surface area contributed by atoms with Crippen LogP contribution in [0.3, 0.4) is 0 Å². The van der Waals surface area contributed by atoms with Gasteiger partial charge in [-0.15, -0.1) is 0 Å². The van der Waals surface area contributed by atoms with Crippen LogP contribution in [-0.2, 0) is 16.6 Å². The number of carbonyl (C=O) groups excluding carboxylic acids is 1. The summed E-state index contributed by atoms with van der Waals surface area (Å²) in [6.07, 6.45) is 0.951. The molecule has 0 bridgehead atoms. The fraction of sp³-hybridized carbons (Fsp3) is 0.304. The van der Waals surface area contributed by atoms with E-state index in [4.69, 9.17) is 4.42 Å². The summed E-state index contributed by atoms with van der Waals surface area (Å²) in [6.45, 7) is 6.75. The maximum Gasteiger partial charge on any atom is 0.251 e. The van der Waals surface area contributed by atoms with Gasteiger partial charge >= 0.3 is 0 Å². The van der Waals surface area contributed by atoms with Crippen molar-refractivity contribution < 1.29 is 13.4 Å². The summed E-state index contributed by atoms with van der Waals surface area (Å²) in [6, 6.07) is 16.5. The topological polar surface area (TPSA) is 72.2 Å². The number of aromatic nitrogens is 1. The van der Waals surface area contributed by atoms with Crippen LogP contribution in [0.5, 0.6) is 0 Å². The van der Waals surface area contributed by atoms with E-state index in [0.717, 1.165) is 16.9 Å². The molecule has 5 nitrogen and oxygen atoms in total. The van der Waals surface area contributed by atoms with E-state index < -0.39 is 10.8 Å². The summed E-state index contributed by atoms with van der Waals surface area (Å²) < 4.78 is 18.3. The zero-order valence-electron chi connectivity index (χ0n) is 17.0. The van der Waals surface area contributed by atoms with Gasteiger partial charge in [-0.05, 0) is 55.7 Å². The molecule has 0 aliphatic heterocycles. The highest BCUT2D eigenvalue weighted by atomic mass is 32.2. The fourth-order valence-electron chi connectivity index (χ4n) is 2.81. The lowest BCUT2D eigenvalue weighted by atomic mass is 10.1. The molecule has 3 aromatic rings. The van der Waals surface area contributed by atoms with E-state index in [0.29, 0.717) is 41.1 Å². The van der Waals surface area contributed by atoms with Gasteiger partial charge in [0.25, 0.3) is 5.91 Å². The highest BCUT2D eigenvalue weighted by Gasteiger charge is 2.15. The monoisotopic (exact) mass is 410 g/mol. The van der Waals surface area contributed by atoms with Gasteiger partial charge in [0, 0.05) is 22.6 Å². The molecule has 0 radical (unpaired) electrons. The maximum absolute atomic E-state index is 12.5. The van der Waals surface area contributed by atoms with Crippen molar-refractivity contribution in [1.82, 2.24) is 10.3 Å². The number of amides is 1. The Bertz CT molecular complexity index is 979. The van der Waals surface area contributed by atoms with E-state index in [1.807, 2.05) is 49.4 Å². The van der Waals surface area contributed by atoms with E-state index in [1.54, 1.807) is 12.1 Å².